The Balaban J connectivity index is 1.83. The van der Waals surface area contributed by atoms with E-state index in [1.165, 1.54) is 5.56 Å². The lowest BCUT2D eigenvalue weighted by Crippen LogP contribution is -2.31. The van der Waals surface area contributed by atoms with E-state index in [2.05, 4.69) is 16.9 Å². The van der Waals surface area contributed by atoms with Gasteiger partial charge in [-0.1, -0.05) is 11.6 Å². The fraction of sp³-hybridized carbons (Fsp3) is 0.444. The van der Waals surface area contributed by atoms with Crippen molar-refractivity contribution in [3.8, 4) is 5.69 Å². The molecule has 5 nitrogen and oxygen atoms in total. The van der Waals surface area contributed by atoms with Crippen LogP contribution in [-0.4, -0.2) is 38.8 Å². The molecule has 1 saturated heterocycles. The Kier molecular flexibility index (Phi) is 4.40. The van der Waals surface area contributed by atoms with Gasteiger partial charge in [-0.05, 0) is 58.0 Å². The van der Waals surface area contributed by atoms with Crippen LogP contribution < -0.4 is 0 Å². The largest absolute Gasteiger partial charge is 0.481 e. The summed E-state index contributed by atoms with van der Waals surface area (Å²) in [6.07, 6.45) is 0.686. The molecule has 1 aromatic carbocycles. The van der Waals surface area contributed by atoms with Gasteiger partial charge in [0, 0.05) is 29.4 Å². The second-order valence-corrected chi connectivity index (χ2v) is 7.30. The molecule has 1 aliphatic rings. The number of halogens is 1. The Hall–Kier alpha value is -1.85. The third-order valence-electron chi connectivity index (χ3n) is 4.96. The summed E-state index contributed by atoms with van der Waals surface area (Å²) < 4.78 is 1.92. The molecule has 24 heavy (non-hydrogen) atoms. The lowest BCUT2D eigenvalue weighted by molar-refractivity contribution is -0.147. The van der Waals surface area contributed by atoms with E-state index in [0.29, 0.717) is 18.0 Å². The number of aromatic nitrogens is 2. The van der Waals surface area contributed by atoms with E-state index in [1.807, 2.05) is 42.8 Å². The number of aryl methyl sites for hydroxylation is 1. The minimum atomic E-state index is -0.713. The van der Waals surface area contributed by atoms with Crippen molar-refractivity contribution in [3.63, 3.8) is 0 Å². The molecule has 128 valence electrons. The van der Waals surface area contributed by atoms with Crippen LogP contribution in [0.5, 0.6) is 0 Å². The summed E-state index contributed by atoms with van der Waals surface area (Å²) in [5.41, 5.74) is 3.56. The minimum absolute atomic E-state index is 0.577. The molecule has 0 saturated carbocycles. The minimum Gasteiger partial charge on any atom is -0.481 e. The lowest BCUT2D eigenvalue weighted by atomic mass is 9.90. The van der Waals surface area contributed by atoms with Crippen molar-refractivity contribution < 1.29 is 9.90 Å². The molecule has 6 heteroatoms. The van der Waals surface area contributed by atoms with Crippen LogP contribution >= 0.6 is 11.6 Å². The van der Waals surface area contributed by atoms with E-state index in [9.17, 15) is 9.90 Å². The summed E-state index contributed by atoms with van der Waals surface area (Å²) in [5.74, 6) is -0.713. The van der Waals surface area contributed by atoms with Gasteiger partial charge in [0.1, 0.15) is 0 Å². The zero-order chi connectivity index (χ0) is 17.5. The molecule has 2 heterocycles. The summed E-state index contributed by atoms with van der Waals surface area (Å²) in [7, 11) is 0. The lowest BCUT2D eigenvalue weighted by Gasteiger charge is -2.20. The molecule has 1 aliphatic heterocycles. The summed E-state index contributed by atoms with van der Waals surface area (Å²) >= 11 is 5.96. The Bertz CT molecular complexity index is 769. The molecule has 0 spiro atoms. The van der Waals surface area contributed by atoms with Gasteiger partial charge >= 0.3 is 5.97 Å². The number of rotatable bonds is 4. The maximum atomic E-state index is 11.4. The molecule has 1 fully saturated rings. The highest BCUT2D eigenvalue weighted by molar-refractivity contribution is 6.30. The summed E-state index contributed by atoms with van der Waals surface area (Å²) in [6.45, 7) is 7.99. The van der Waals surface area contributed by atoms with Crippen LogP contribution in [0.25, 0.3) is 5.69 Å². The van der Waals surface area contributed by atoms with Crippen molar-refractivity contribution in [1.82, 2.24) is 14.7 Å². The third-order valence-corrected chi connectivity index (χ3v) is 5.21. The zero-order valence-electron chi connectivity index (χ0n) is 14.2. The van der Waals surface area contributed by atoms with Crippen LogP contribution in [0.2, 0.25) is 5.02 Å². The van der Waals surface area contributed by atoms with E-state index in [0.717, 1.165) is 30.2 Å². The van der Waals surface area contributed by atoms with Crippen molar-refractivity contribution in [3.05, 3.63) is 46.2 Å². The number of hydrogen-bond acceptors (Lipinski definition) is 3. The zero-order valence-corrected chi connectivity index (χ0v) is 15.0. The SMILES string of the molecule is Cc1nn(-c2ccc(Cl)cc2)c(C)c1CN1CCC(C)(C(=O)O)C1. The standard InChI is InChI=1S/C18H22ClN3O2/c1-12-16(10-21-9-8-18(3,11-21)17(23)24)13(2)22(20-12)15-6-4-14(19)5-7-15/h4-7H,8-11H2,1-3H3,(H,23,24). The first kappa shape index (κ1) is 17.0. The van der Waals surface area contributed by atoms with E-state index in [1.54, 1.807) is 0 Å². The van der Waals surface area contributed by atoms with Crippen LogP contribution in [-0.2, 0) is 11.3 Å². The van der Waals surface area contributed by atoms with Gasteiger partial charge in [0.25, 0.3) is 0 Å². The molecule has 1 aromatic heterocycles. The predicted octanol–water partition coefficient (Wildman–Crippen LogP) is 3.44. The maximum Gasteiger partial charge on any atom is 0.310 e. The highest BCUT2D eigenvalue weighted by Crippen LogP contribution is 2.32. The van der Waals surface area contributed by atoms with Gasteiger partial charge in [-0.2, -0.15) is 5.10 Å². The molecule has 1 N–H and O–H groups in total. The highest BCUT2D eigenvalue weighted by atomic mass is 35.5. The first-order chi connectivity index (χ1) is 11.3. The number of benzene rings is 1. The van der Waals surface area contributed by atoms with Crippen LogP contribution in [0.15, 0.2) is 24.3 Å². The average Bonchev–Trinajstić information content (AvgIpc) is 3.05. The Morgan fingerprint density at radius 3 is 2.58 bits per heavy atom. The van der Waals surface area contributed by atoms with Crippen molar-refractivity contribution in [1.29, 1.82) is 0 Å². The summed E-state index contributed by atoms with van der Waals surface area (Å²) in [6, 6.07) is 7.60. The quantitative estimate of drug-likeness (QED) is 0.920. The van der Waals surface area contributed by atoms with Gasteiger partial charge in [-0.3, -0.25) is 9.69 Å². The molecule has 0 amide bonds. The van der Waals surface area contributed by atoms with Gasteiger partial charge in [-0.15, -0.1) is 0 Å². The molecule has 2 aromatic rings. The van der Waals surface area contributed by atoms with Crippen molar-refractivity contribution in [2.24, 2.45) is 5.41 Å². The van der Waals surface area contributed by atoms with Crippen LogP contribution in [0.4, 0.5) is 0 Å². The summed E-state index contributed by atoms with van der Waals surface area (Å²) in [5, 5.41) is 14.7. The third kappa shape index (κ3) is 3.06. The predicted molar refractivity (Wildman–Crippen MR) is 93.7 cm³/mol. The first-order valence-corrected chi connectivity index (χ1v) is 8.45. The van der Waals surface area contributed by atoms with Gasteiger partial charge in [0.05, 0.1) is 16.8 Å². The normalized spacial score (nSPS) is 21.3. The average molecular weight is 348 g/mol. The van der Waals surface area contributed by atoms with E-state index >= 15 is 0 Å². The number of carboxylic acids is 1. The molecule has 3 rings (SSSR count). The number of carboxylic acid groups (broad SMARTS) is 1. The van der Waals surface area contributed by atoms with E-state index in [4.69, 9.17) is 11.6 Å². The number of carbonyl (C=O) groups is 1. The van der Waals surface area contributed by atoms with Gasteiger partial charge < -0.3 is 5.11 Å². The van der Waals surface area contributed by atoms with Gasteiger partial charge in [0.15, 0.2) is 0 Å². The van der Waals surface area contributed by atoms with Crippen molar-refractivity contribution >= 4 is 17.6 Å². The van der Waals surface area contributed by atoms with E-state index in [-0.39, 0.29) is 0 Å². The molecule has 0 aliphatic carbocycles. The number of likely N-dealkylation sites (tertiary alicyclic amines) is 1. The fourth-order valence-electron chi connectivity index (χ4n) is 3.33. The van der Waals surface area contributed by atoms with Gasteiger partial charge in [-0.25, -0.2) is 4.68 Å². The molecular weight excluding hydrogens is 326 g/mol. The molecular formula is C18H22ClN3O2. The van der Waals surface area contributed by atoms with Gasteiger partial charge in [0.2, 0.25) is 0 Å². The second kappa shape index (κ2) is 6.22. The first-order valence-electron chi connectivity index (χ1n) is 8.07. The number of aliphatic carboxylic acids is 1. The van der Waals surface area contributed by atoms with Crippen LogP contribution in [0.1, 0.15) is 30.3 Å². The Labute approximate surface area is 146 Å². The Morgan fingerprint density at radius 1 is 1.33 bits per heavy atom. The van der Waals surface area contributed by atoms with Crippen molar-refractivity contribution in [2.45, 2.75) is 33.7 Å². The van der Waals surface area contributed by atoms with Crippen molar-refractivity contribution in [2.75, 3.05) is 13.1 Å². The summed E-state index contributed by atoms with van der Waals surface area (Å²) in [4.78, 5) is 13.6. The number of nitrogens with zero attached hydrogens (tertiary/aromatic N) is 3. The second-order valence-electron chi connectivity index (χ2n) is 6.86. The van der Waals surface area contributed by atoms with Crippen LogP contribution in [0.3, 0.4) is 0 Å². The van der Waals surface area contributed by atoms with E-state index < -0.39 is 11.4 Å². The fourth-order valence-corrected chi connectivity index (χ4v) is 3.45. The monoisotopic (exact) mass is 347 g/mol. The van der Waals surface area contributed by atoms with Crippen LogP contribution in [0, 0.1) is 19.3 Å². The topological polar surface area (TPSA) is 58.4 Å². The molecule has 1 atom stereocenters. The number of hydrogen-bond donors (Lipinski definition) is 1. The molecule has 0 bridgehead atoms. The highest BCUT2D eigenvalue weighted by Gasteiger charge is 2.40. The maximum absolute atomic E-state index is 11.4. The molecule has 0 radical (unpaired) electrons. The molecule has 1 unspecified atom stereocenters. The Morgan fingerprint density at radius 2 is 2.00 bits per heavy atom. The smallest absolute Gasteiger partial charge is 0.310 e.